The maximum absolute atomic E-state index is 12.4. The molecule has 8 heteroatoms. The van der Waals surface area contributed by atoms with Crippen molar-refractivity contribution in [3.05, 3.63) is 41.2 Å². The van der Waals surface area contributed by atoms with Crippen LogP contribution < -0.4 is 5.32 Å². The van der Waals surface area contributed by atoms with Crippen LogP contribution in [0.25, 0.3) is 5.69 Å². The van der Waals surface area contributed by atoms with Crippen molar-refractivity contribution in [3.8, 4) is 5.69 Å². The minimum absolute atomic E-state index is 0. The van der Waals surface area contributed by atoms with Gasteiger partial charge in [0, 0.05) is 6.54 Å². The van der Waals surface area contributed by atoms with Gasteiger partial charge in [0.15, 0.2) is 0 Å². The molecule has 1 saturated heterocycles. The maximum Gasteiger partial charge on any atom is 0.307 e. The van der Waals surface area contributed by atoms with Crippen molar-refractivity contribution in [2.75, 3.05) is 25.0 Å². The lowest BCUT2D eigenvalue weighted by molar-refractivity contribution is -0.141. The van der Waals surface area contributed by atoms with Crippen molar-refractivity contribution in [2.24, 2.45) is 5.92 Å². The molecule has 1 aromatic carbocycles. The van der Waals surface area contributed by atoms with Crippen LogP contribution in [0, 0.1) is 26.7 Å². The van der Waals surface area contributed by atoms with Crippen molar-refractivity contribution in [1.82, 2.24) is 14.7 Å². The van der Waals surface area contributed by atoms with E-state index in [9.17, 15) is 9.59 Å². The van der Waals surface area contributed by atoms with E-state index in [0.717, 1.165) is 17.1 Å². The third kappa shape index (κ3) is 4.67. The average molecular weight is 393 g/mol. The summed E-state index contributed by atoms with van der Waals surface area (Å²) in [5.41, 5.74) is 4.45. The summed E-state index contributed by atoms with van der Waals surface area (Å²) in [6.07, 6.45) is 0.589. The first-order valence-electron chi connectivity index (χ1n) is 8.73. The standard InChI is InChI=1S/C19H24N4O3.ClH/c1-12-4-6-16(7-5-12)23-14(3)18(13(2)21-23)20-17(24)11-22-9-8-15(10-22)19(25)26;/h4-7,15H,8-11H2,1-3H3,(H,20,24)(H,25,26);1H. The quantitative estimate of drug-likeness (QED) is 0.816. The molecule has 3 rings (SSSR count). The summed E-state index contributed by atoms with van der Waals surface area (Å²) in [5, 5.41) is 16.5. The normalized spacial score (nSPS) is 16.8. The number of rotatable bonds is 5. The molecule has 1 atom stereocenters. The van der Waals surface area contributed by atoms with Crippen LogP contribution in [0.3, 0.4) is 0 Å². The summed E-state index contributed by atoms with van der Waals surface area (Å²) in [6.45, 7) is 7.06. The van der Waals surface area contributed by atoms with Gasteiger partial charge in [-0.25, -0.2) is 4.68 Å². The number of anilines is 1. The van der Waals surface area contributed by atoms with Crippen molar-refractivity contribution in [2.45, 2.75) is 27.2 Å². The van der Waals surface area contributed by atoms with E-state index in [1.807, 2.05) is 54.6 Å². The van der Waals surface area contributed by atoms with Gasteiger partial charge in [-0.2, -0.15) is 5.10 Å². The van der Waals surface area contributed by atoms with Gasteiger partial charge < -0.3 is 10.4 Å². The second kappa shape index (κ2) is 8.54. The first-order valence-corrected chi connectivity index (χ1v) is 8.73. The minimum Gasteiger partial charge on any atom is -0.481 e. The lowest BCUT2D eigenvalue weighted by Gasteiger charge is -2.15. The number of amides is 1. The monoisotopic (exact) mass is 392 g/mol. The van der Waals surface area contributed by atoms with Crippen LogP contribution in [0.1, 0.15) is 23.4 Å². The zero-order valence-corrected chi connectivity index (χ0v) is 16.5. The number of benzene rings is 1. The summed E-state index contributed by atoms with van der Waals surface area (Å²) in [7, 11) is 0. The molecule has 2 heterocycles. The van der Waals surface area contributed by atoms with E-state index in [0.29, 0.717) is 25.2 Å². The molecule has 0 saturated carbocycles. The number of carbonyl (C=O) groups is 2. The number of carbonyl (C=O) groups excluding carboxylic acids is 1. The molecule has 146 valence electrons. The number of halogens is 1. The van der Waals surface area contributed by atoms with Crippen molar-refractivity contribution < 1.29 is 14.7 Å². The van der Waals surface area contributed by atoms with Crippen molar-refractivity contribution in [1.29, 1.82) is 0 Å². The highest BCUT2D eigenvalue weighted by Gasteiger charge is 2.29. The average Bonchev–Trinajstić information content (AvgIpc) is 3.16. The molecule has 0 aliphatic carbocycles. The van der Waals surface area contributed by atoms with Gasteiger partial charge in [0.1, 0.15) is 0 Å². The number of nitrogens with zero attached hydrogens (tertiary/aromatic N) is 3. The minimum atomic E-state index is -0.793. The Balaban J connectivity index is 0.00000261. The molecule has 0 radical (unpaired) electrons. The summed E-state index contributed by atoms with van der Waals surface area (Å²) in [6, 6.07) is 8.04. The van der Waals surface area contributed by atoms with Crippen LogP contribution in [0.15, 0.2) is 24.3 Å². The van der Waals surface area contributed by atoms with Crippen LogP contribution >= 0.6 is 12.4 Å². The van der Waals surface area contributed by atoms with E-state index in [1.165, 1.54) is 5.56 Å². The zero-order chi connectivity index (χ0) is 18.8. The number of aryl methyl sites for hydroxylation is 2. The molecule has 1 aliphatic heterocycles. The van der Waals surface area contributed by atoms with E-state index in [-0.39, 0.29) is 30.8 Å². The molecule has 1 unspecified atom stereocenters. The SMILES string of the molecule is Cc1ccc(-n2nc(C)c(NC(=O)CN3CCC(C(=O)O)C3)c2C)cc1.Cl. The molecule has 2 aromatic rings. The Morgan fingerprint density at radius 3 is 2.48 bits per heavy atom. The number of hydrogen-bond acceptors (Lipinski definition) is 4. The Kier molecular flexibility index (Phi) is 6.62. The molecule has 2 N–H and O–H groups in total. The van der Waals surface area contributed by atoms with Crippen LogP contribution in [-0.2, 0) is 9.59 Å². The molecule has 27 heavy (non-hydrogen) atoms. The molecule has 0 spiro atoms. The van der Waals surface area contributed by atoms with Crippen LogP contribution in [0.2, 0.25) is 0 Å². The molecule has 1 amide bonds. The predicted molar refractivity (Wildman–Crippen MR) is 106 cm³/mol. The van der Waals surface area contributed by atoms with E-state index < -0.39 is 5.97 Å². The number of nitrogens with one attached hydrogen (secondary N) is 1. The highest BCUT2D eigenvalue weighted by atomic mass is 35.5. The molecule has 7 nitrogen and oxygen atoms in total. The van der Waals surface area contributed by atoms with Crippen LogP contribution in [0.5, 0.6) is 0 Å². The highest BCUT2D eigenvalue weighted by Crippen LogP contribution is 2.23. The summed E-state index contributed by atoms with van der Waals surface area (Å²) >= 11 is 0. The molecule has 0 bridgehead atoms. The summed E-state index contributed by atoms with van der Waals surface area (Å²) < 4.78 is 1.82. The fourth-order valence-corrected chi connectivity index (χ4v) is 3.32. The first-order chi connectivity index (χ1) is 12.3. The Labute approximate surface area is 164 Å². The number of aromatic nitrogens is 2. The second-order valence-electron chi connectivity index (χ2n) is 6.90. The lowest BCUT2D eigenvalue weighted by atomic mass is 10.1. The van der Waals surface area contributed by atoms with Crippen LogP contribution in [0.4, 0.5) is 5.69 Å². The topological polar surface area (TPSA) is 87.5 Å². The third-order valence-corrected chi connectivity index (χ3v) is 4.82. The largest absolute Gasteiger partial charge is 0.481 e. The number of aliphatic carboxylic acids is 1. The van der Waals surface area contributed by atoms with Gasteiger partial charge in [-0.3, -0.25) is 14.5 Å². The van der Waals surface area contributed by atoms with Gasteiger partial charge in [0.25, 0.3) is 0 Å². The van der Waals surface area contributed by atoms with Gasteiger partial charge in [-0.1, -0.05) is 17.7 Å². The predicted octanol–water partition coefficient (Wildman–Crippen LogP) is 2.56. The summed E-state index contributed by atoms with van der Waals surface area (Å²) in [4.78, 5) is 25.3. The maximum atomic E-state index is 12.4. The van der Waals surface area contributed by atoms with Gasteiger partial charge in [-0.15, -0.1) is 12.4 Å². The zero-order valence-electron chi connectivity index (χ0n) is 15.7. The Hall–Kier alpha value is -2.38. The molecule has 1 fully saturated rings. The fraction of sp³-hybridized carbons (Fsp3) is 0.421. The first kappa shape index (κ1) is 20.9. The molecular formula is C19H25ClN4O3. The van der Waals surface area contributed by atoms with Crippen LogP contribution in [-0.4, -0.2) is 51.3 Å². The summed E-state index contributed by atoms with van der Waals surface area (Å²) in [5.74, 6) is -1.32. The Bertz CT molecular complexity index is 832. The fourth-order valence-electron chi connectivity index (χ4n) is 3.32. The van der Waals surface area contributed by atoms with Crippen molar-refractivity contribution >= 4 is 30.0 Å². The second-order valence-corrected chi connectivity index (χ2v) is 6.90. The highest BCUT2D eigenvalue weighted by molar-refractivity contribution is 5.93. The Morgan fingerprint density at radius 2 is 1.89 bits per heavy atom. The number of likely N-dealkylation sites (tertiary alicyclic amines) is 1. The van der Waals surface area contributed by atoms with Gasteiger partial charge >= 0.3 is 5.97 Å². The number of carboxylic acids is 1. The molecule has 1 aliphatic rings. The van der Waals surface area contributed by atoms with Gasteiger partial charge in [-0.05, 0) is 45.9 Å². The van der Waals surface area contributed by atoms with E-state index >= 15 is 0 Å². The molecular weight excluding hydrogens is 368 g/mol. The number of carboxylic acid groups (broad SMARTS) is 1. The van der Waals surface area contributed by atoms with E-state index in [2.05, 4.69) is 10.4 Å². The van der Waals surface area contributed by atoms with Gasteiger partial charge in [0.2, 0.25) is 5.91 Å². The number of hydrogen-bond donors (Lipinski definition) is 2. The van der Waals surface area contributed by atoms with Gasteiger partial charge in [0.05, 0.1) is 35.2 Å². The Morgan fingerprint density at radius 1 is 1.22 bits per heavy atom. The lowest BCUT2D eigenvalue weighted by Crippen LogP contribution is -2.32. The smallest absolute Gasteiger partial charge is 0.307 e. The van der Waals surface area contributed by atoms with E-state index in [1.54, 1.807) is 0 Å². The third-order valence-electron chi connectivity index (χ3n) is 4.82. The van der Waals surface area contributed by atoms with Crippen molar-refractivity contribution in [3.63, 3.8) is 0 Å². The van der Waals surface area contributed by atoms with E-state index in [4.69, 9.17) is 5.11 Å². The molecule has 1 aromatic heterocycles.